The molecule has 1 saturated carbocycles. The Hall–Kier alpha value is -0.830. The molecular formula is C14H26N3+. The topological polar surface area (TPSA) is 34.4 Å². The van der Waals surface area contributed by atoms with E-state index < -0.39 is 0 Å². The monoisotopic (exact) mass is 236 g/mol. The molecule has 0 radical (unpaired) electrons. The van der Waals surface area contributed by atoms with Crippen LogP contribution in [0.3, 0.4) is 0 Å². The van der Waals surface area contributed by atoms with E-state index in [9.17, 15) is 0 Å². The quantitative estimate of drug-likeness (QED) is 0.779. The van der Waals surface area contributed by atoms with Crippen LogP contribution in [0, 0.1) is 0 Å². The molecule has 0 unspecified atom stereocenters. The molecule has 1 aromatic heterocycles. The molecule has 0 atom stereocenters. The fraction of sp³-hybridized carbons (Fsp3) is 0.786. The van der Waals surface area contributed by atoms with E-state index in [0.29, 0.717) is 0 Å². The molecule has 17 heavy (non-hydrogen) atoms. The standard InChI is InChI=1S/C14H25N3/c1-2-4-7-14(8-5-3-1)16-9-6-11-17-12-10-15-13-17/h10,12-14,16H,1-9,11H2/p+1. The summed E-state index contributed by atoms with van der Waals surface area (Å²) in [6.45, 7) is 2.38. The van der Waals surface area contributed by atoms with Crippen molar-refractivity contribution in [2.75, 3.05) is 6.54 Å². The van der Waals surface area contributed by atoms with Gasteiger partial charge >= 0.3 is 0 Å². The second kappa shape index (κ2) is 7.49. The first-order chi connectivity index (χ1) is 8.45. The number of quaternary nitrogens is 1. The maximum atomic E-state index is 4.07. The zero-order valence-corrected chi connectivity index (χ0v) is 10.9. The van der Waals surface area contributed by atoms with Crippen LogP contribution in [0.4, 0.5) is 0 Å². The SMILES string of the molecule is c1cn(CCC[NH2+]C2CCCCCCC2)cn1. The summed E-state index contributed by atoms with van der Waals surface area (Å²) >= 11 is 0. The Balaban J connectivity index is 1.57. The summed E-state index contributed by atoms with van der Waals surface area (Å²) in [5.74, 6) is 0. The first-order valence-corrected chi connectivity index (χ1v) is 7.24. The number of hydrogen-bond donors (Lipinski definition) is 1. The minimum absolute atomic E-state index is 0.901. The average Bonchev–Trinajstić information content (AvgIpc) is 2.79. The van der Waals surface area contributed by atoms with Crippen molar-refractivity contribution in [1.82, 2.24) is 9.55 Å². The summed E-state index contributed by atoms with van der Waals surface area (Å²) in [6, 6.07) is 0.901. The van der Waals surface area contributed by atoms with Crippen LogP contribution in [0.2, 0.25) is 0 Å². The molecule has 0 saturated heterocycles. The third kappa shape index (κ3) is 4.90. The minimum Gasteiger partial charge on any atom is -0.344 e. The molecule has 3 nitrogen and oxygen atoms in total. The molecule has 0 aromatic carbocycles. The maximum Gasteiger partial charge on any atom is 0.0945 e. The van der Waals surface area contributed by atoms with E-state index in [4.69, 9.17) is 0 Å². The molecule has 1 aliphatic rings. The van der Waals surface area contributed by atoms with Gasteiger partial charge < -0.3 is 9.88 Å². The van der Waals surface area contributed by atoms with Crippen LogP contribution in [-0.4, -0.2) is 22.1 Å². The summed E-state index contributed by atoms with van der Waals surface area (Å²) in [5, 5.41) is 2.59. The molecule has 1 aliphatic carbocycles. The Morgan fingerprint density at radius 2 is 1.88 bits per heavy atom. The average molecular weight is 236 g/mol. The van der Waals surface area contributed by atoms with Crippen LogP contribution in [0.15, 0.2) is 18.7 Å². The zero-order valence-electron chi connectivity index (χ0n) is 10.9. The van der Waals surface area contributed by atoms with Gasteiger partial charge in [-0.1, -0.05) is 19.3 Å². The second-order valence-electron chi connectivity index (χ2n) is 5.28. The normalized spacial score (nSPS) is 18.8. The number of aromatic nitrogens is 2. The predicted molar refractivity (Wildman–Crippen MR) is 69.7 cm³/mol. The Labute approximate surface area is 105 Å². The lowest BCUT2D eigenvalue weighted by Crippen LogP contribution is -2.90. The second-order valence-corrected chi connectivity index (χ2v) is 5.28. The van der Waals surface area contributed by atoms with Gasteiger partial charge in [0, 0.05) is 25.4 Å². The Kier molecular flexibility index (Phi) is 5.56. The highest BCUT2D eigenvalue weighted by Crippen LogP contribution is 2.14. The van der Waals surface area contributed by atoms with Crippen LogP contribution < -0.4 is 5.32 Å². The highest BCUT2D eigenvalue weighted by atomic mass is 15.0. The number of nitrogens with zero attached hydrogens (tertiary/aromatic N) is 2. The fourth-order valence-corrected chi connectivity index (χ4v) is 2.77. The van der Waals surface area contributed by atoms with E-state index in [1.54, 1.807) is 0 Å². The van der Waals surface area contributed by atoms with Crippen molar-refractivity contribution in [1.29, 1.82) is 0 Å². The number of hydrogen-bond acceptors (Lipinski definition) is 1. The number of imidazole rings is 1. The lowest BCUT2D eigenvalue weighted by molar-refractivity contribution is -0.691. The van der Waals surface area contributed by atoms with E-state index >= 15 is 0 Å². The Bertz CT molecular complexity index is 274. The molecule has 0 aliphatic heterocycles. The molecule has 2 N–H and O–H groups in total. The molecule has 0 spiro atoms. The van der Waals surface area contributed by atoms with Crippen molar-refractivity contribution in [2.45, 2.75) is 64.0 Å². The third-order valence-corrected chi connectivity index (χ3v) is 3.83. The summed E-state index contributed by atoms with van der Waals surface area (Å²) in [5.41, 5.74) is 0. The van der Waals surface area contributed by atoms with Gasteiger partial charge in [0.2, 0.25) is 0 Å². The van der Waals surface area contributed by atoms with Crippen LogP contribution in [0.1, 0.15) is 51.4 Å². The third-order valence-electron chi connectivity index (χ3n) is 3.83. The number of aryl methyl sites for hydroxylation is 1. The maximum absolute atomic E-state index is 4.07. The molecule has 1 aromatic rings. The molecular weight excluding hydrogens is 210 g/mol. The van der Waals surface area contributed by atoms with Gasteiger partial charge in [-0.2, -0.15) is 0 Å². The minimum atomic E-state index is 0.901. The van der Waals surface area contributed by atoms with Crippen molar-refractivity contribution in [3.8, 4) is 0 Å². The molecule has 2 rings (SSSR count). The van der Waals surface area contributed by atoms with Gasteiger partial charge in [0.1, 0.15) is 0 Å². The van der Waals surface area contributed by atoms with Gasteiger partial charge in [-0.3, -0.25) is 0 Å². The van der Waals surface area contributed by atoms with Crippen molar-refractivity contribution >= 4 is 0 Å². The lowest BCUT2D eigenvalue weighted by Gasteiger charge is -2.18. The zero-order chi connectivity index (χ0) is 11.8. The van der Waals surface area contributed by atoms with Crippen LogP contribution in [0.25, 0.3) is 0 Å². The highest BCUT2D eigenvalue weighted by molar-refractivity contribution is 4.73. The van der Waals surface area contributed by atoms with Crippen LogP contribution >= 0.6 is 0 Å². The van der Waals surface area contributed by atoms with Gasteiger partial charge in [-0.05, 0) is 25.7 Å². The van der Waals surface area contributed by atoms with E-state index in [1.807, 2.05) is 12.5 Å². The van der Waals surface area contributed by atoms with E-state index in [2.05, 4.69) is 21.1 Å². The van der Waals surface area contributed by atoms with Gasteiger partial charge in [-0.25, -0.2) is 4.98 Å². The van der Waals surface area contributed by atoms with Crippen molar-refractivity contribution in [2.24, 2.45) is 0 Å². The smallest absolute Gasteiger partial charge is 0.0945 e. The van der Waals surface area contributed by atoms with Gasteiger partial charge in [0.15, 0.2) is 0 Å². The van der Waals surface area contributed by atoms with Crippen molar-refractivity contribution in [3.63, 3.8) is 0 Å². The molecule has 3 heteroatoms. The first kappa shape index (κ1) is 12.6. The Morgan fingerprint density at radius 3 is 2.59 bits per heavy atom. The highest BCUT2D eigenvalue weighted by Gasteiger charge is 2.12. The fourth-order valence-electron chi connectivity index (χ4n) is 2.77. The summed E-state index contributed by atoms with van der Waals surface area (Å²) < 4.78 is 2.17. The van der Waals surface area contributed by atoms with Crippen LogP contribution in [0.5, 0.6) is 0 Å². The van der Waals surface area contributed by atoms with Crippen LogP contribution in [-0.2, 0) is 6.54 Å². The Morgan fingerprint density at radius 1 is 1.12 bits per heavy atom. The van der Waals surface area contributed by atoms with Gasteiger partial charge in [-0.15, -0.1) is 0 Å². The largest absolute Gasteiger partial charge is 0.344 e. The summed E-state index contributed by atoms with van der Waals surface area (Å²) in [7, 11) is 0. The lowest BCUT2D eigenvalue weighted by atomic mass is 9.97. The van der Waals surface area contributed by atoms with Crippen molar-refractivity contribution in [3.05, 3.63) is 18.7 Å². The predicted octanol–water partition coefficient (Wildman–Crippen LogP) is 1.95. The van der Waals surface area contributed by atoms with Crippen molar-refractivity contribution < 1.29 is 5.32 Å². The van der Waals surface area contributed by atoms with Gasteiger partial charge in [0.25, 0.3) is 0 Å². The van der Waals surface area contributed by atoms with Gasteiger partial charge in [0.05, 0.1) is 18.9 Å². The first-order valence-electron chi connectivity index (χ1n) is 7.24. The molecule has 1 heterocycles. The molecule has 0 bridgehead atoms. The summed E-state index contributed by atoms with van der Waals surface area (Å²) in [6.07, 6.45) is 17.2. The summed E-state index contributed by atoms with van der Waals surface area (Å²) in [4.78, 5) is 4.07. The molecule has 1 fully saturated rings. The number of rotatable bonds is 5. The van der Waals surface area contributed by atoms with E-state index in [0.717, 1.165) is 12.6 Å². The molecule has 0 amide bonds. The van der Waals surface area contributed by atoms with E-state index in [1.165, 1.54) is 57.9 Å². The molecule has 96 valence electrons. The van der Waals surface area contributed by atoms with E-state index in [-0.39, 0.29) is 0 Å². The number of nitrogens with two attached hydrogens (primary N) is 1.